The molecule has 0 saturated carbocycles. The third kappa shape index (κ3) is 4.80. The Morgan fingerprint density at radius 3 is 2.14 bits per heavy atom. The molecule has 2 nitrogen and oxygen atoms in total. The highest BCUT2D eigenvalue weighted by atomic mass is 79.9. The summed E-state index contributed by atoms with van der Waals surface area (Å²) in [6, 6.07) is 9.72. The summed E-state index contributed by atoms with van der Waals surface area (Å²) in [4.78, 5) is 0. The van der Waals surface area contributed by atoms with E-state index in [1.54, 1.807) is 0 Å². The van der Waals surface area contributed by atoms with Gasteiger partial charge in [-0.1, -0.05) is 35.0 Å². The van der Waals surface area contributed by atoms with Crippen molar-refractivity contribution in [3.8, 4) is 0 Å². The Morgan fingerprint density at radius 1 is 1.14 bits per heavy atom. The maximum absolute atomic E-state index is 3.90. The summed E-state index contributed by atoms with van der Waals surface area (Å²) in [5, 5.41) is 7.65. The predicted octanol–water partition coefficient (Wildman–Crippen LogP) is 4.80. The van der Waals surface area contributed by atoms with Gasteiger partial charge in [0.1, 0.15) is 0 Å². The van der Waals surface area contributed by atoms with Crippen molar-refractivity contribution < 1.29 is 0 Å². The van der Waals surface area contributed by atoms with E-state index in [4.69, 9.17) is 0 Å². The van der Waals surface area contributed by atoms with E-state index in [9.17, 15) is 0 Å². The van der Waals surface area contributed by atoms with Crippen LogP contribution in [0.15, 0.2) is 28.7 Å². The summed E-state index contributed by atoms with van der Waals surface area (Å²) in [6.45, 7) is 11.5. The zero-order valence-electron chi connectivity index (χ0n) is 14.0. The van der Waals surface area contributed by atoms with Gasteiger partial charge in [-0.25, -0.2) is 0 Å². The highest BCUT2D eigenvalue weighted by Crippen LogP contribution is 2.30. The maximum Gasteiger partial charge on any atom is 0.0320 e. The fourth-order valence-electron chi connectivity index (χ4n) is 3.87. The van der Waals surface area contributed by atoms with E-state index < -0.39 is 0 Å². The number of hydrogen-bond donors (Lipinski definition) is 2. The molecule has 1 unspecified atom stereocenters. The molecule has 1 saturated heterocycles. The monoisotopic (exact) mass is 352 g/mol. The van der Waals surface area contributed by atoms with Gasteiger partial charge in [0, 0.05) is 27.6 Å². The Labute approximate surface area is 138 Å². The van der Waals surface area contributed by atoms with Crippen molar-refractivity contribution in [2.75, 3.05) is 0 Å². The first-order valence-electron chi connectivity index (χ1n) is 8.02. The van der Waals surface area contributed by atoms with Crippen LogP contribution in [-0.2, 0) is 0 Å². The van der Waals surface area contributed by atoms with Crippen molar-refractivity contribution >= 4 is 15.9 Å². The SMILES string of the molecule is CCC(NC1CC(C)(C)NC(C)(C)C1)c1ccc(Br)cc1. The molecule has 1 aromatic carbocycles. The first-order valence-corrected chi connectivity index (χ1v) is 8.81. The Hall–Kier alpha value is -0.380. The second-order valence-electron chi connectivity index (χ2n) is 7.68. The van der Waals surface area contributed by atoms with E-state index in [2.05, 4.69) is 85.4 Å². The van der Waals surface area contributed by atoms with Gasteiger partial charge in [0.2, 0.25) is 0 Å². The Kier molecular flexibility index (Phi) is 5.17. The number of benzene rings is 1. The van der Waals surface area contributed by atoms with Gasteiger partial charge in [-0.15, -0.1) is 0 Å². The van der Waals surface area contributed by atoms with Crippen molar-refractivity contribution in [2.24, 2.45) is 0 Å². The maximum atomic E-state index is 3.90. The zero-order valence-corrected chi connectivity index (χ0v) is 15.5. The summed E-state index contributed by atoms with van der Waals surface area (Å²) in [5.41, 5.74) is 1.77. The van der Waals surface area contributed by atoms with Crippen LogP contribution in [0.25, 0.3) is 0 Å². The second-order valence-corrected chi connectivity index (χ2v) is 8.59. The normalized spacial score (nSPS) is 23.0. The van der Waals surface area contributed by atoms with Crippen LogP contribution in [0.4, 0.5) is 0 Å². The van der Waals surface area contributed by atoms with Crippen LogP contribution in [0.3, 0.4) is 0 Å². The summed E-state index contributed by atoms with van der Waals surface area (Å²) in [5.74, 6) is 0. The second kappa shape index (κ2) is 6.39. The first-order chi connectivity index (χ1) is 9.71. The lowest BCUT2D eigenvalue weighted by molar-refractivity contribution is 0.139. The van der Waals surface area contributed by atoms with Gasteiger partial charge in [-0.2, -0.15) is 0 Å². The molecule has 0 aliphatic carbocycles. The fourth-order valence-corrected chi connectivity index (χ4v) is 4.13. The fraction of sp³-hybridized carbons (Fsp3) is 0.667. The molecular weight excluding hydrogens is 324 g/mol. The van der Waals surface area contributed by atoms with Gasteiger partial charge in [-0.05, 0) is 64.7 Å². The van der Waals surface area contributed by atoms with E-state index in [1.165, 1.54) is 18.4 Å². The minimum absolute atomic E-state index is 0.192. The summed E-state index contributed by atoms with van der Waals surface area (Å²) < 4.78 is 1.14. The molecule has 0 aromatic heterocycles. The average Bonchev–Trinajstić information content (AvgIpc) is 2.33. The van der Waals surface area contributed by atoms with Crippen LogP contribution in [0, 0.1) is 0 Å². The van der Waals surface area contributed by atoms with Crippen molar-refractivity contribution in [3.05, 3.63) is 34.3 Å². The lowest BCUT2D eigenvalue weighted by Crippen LogP contribution is -2.61. The quantitative estimate of drug-likeness (QED) is 0.813. The molecule has 21 heavy (non-hydrogen) atoms. The molecule has 0 bridgehead atoms. The summed E-state index contributed by atoms with van der Waals surface area (Å²) >= 11 is 3.52. The van der Waals surface area contributed by atoms with Crippen LogP contribution in [0.2, 0.25) is 0 Å². The Morgan fingerprint density at radius 2 is 1.67 bits per heavy atom. The molecule has 1 aliphatic rings. The molecule has 1 heterocycles. The third-order valence-corrected chi connectivity index (χ3v) is 4.84. The molecule has 1 fully saturated rings. The molecular formula is C18H29BrN2. The van der Waals surface area contributed by atoms with E-state index in [1.807, 2.05) is 0 Å². The Balaban J connectivity index is 2.09. The van der Waals surface area contributed by atoms with E-state index in [0.717, 1.165) is 10.9 Å². The van der Waals surface area contributed by atoms with Gasteiger partial charge in [0.05, 0.1) is 0 Å². The summed E-state index contributed by atoms with van der Waals surface area (Å²) in [7, 11) is 0. The van der Waals surface area contributed by atoms with Crippen LogP contribution in [0.5, 0.6) is 0 Å². The van der Waals surface area contributed by atoms with Gasteiger partial charge < -0.3 is 10.6 Å². The van der Waals surface area contributed by atoms with Gasteiger partial charge >= 0.3 is 0 Å². The molecule has 0 amide bonds. The molecule has 3 heteroatoms. The van der Waals surface area contributed by atoms with Crippen molar-refractivity contribution in [2.45, 2.75) is 77.0 Å². The first kappa shape index (κ1) is 17.0. The zero-order chi connectivity index (χ0) is 15.7. The molecule has 1 aromatic rings. The molecule has 2 rings (SSSR count). The van der Waals surface area contributed by atoms with E-state index >= 15 is 0 Å². The van der Waals surface area contributed by atoms with Gasteiger partial charge in [0.15, 0.2) is 0 Å². The standard InChI is InChI=1S/C18H29BrN2/c1-6-16(13-7-9-14(19)10-8-13)20-15-11-17(2,3)21-18(4,5)12-15/h7-10,15-16,20-21H,6,11-12H2,1-5H3. The molecule has 0 spiro atoms. The van der Waals surface area contributed by atoms with Crippen LogP contribution >= 0.6 is 15.9 Å². The largest absolute Gasteiger partial charge is 0.307 e. The van der Waals surface area contributed by atoms with Crippen molar-refractivity contribution in [1.82, 2.24) is 10.6 Å². The number of rotatable bonds is 4. The number of piperidine rings is 1. The number of halogens is 1. The minimum atomic E-state index is 0.192. The van der Waals surface area contributed by atoms with Crippen LogP contribution in [0.1, 0.15) is 65.5 Å². The van der Waals surface area contributed by atoms with Crippen LogP contribution < -0.4 is 10.6 Å². The molecule has 1 aliphatic heterocycles. The molecule has 1 atom stereocenters. The van der Waals surface area contributed by atoms with E-state index in [-0.39, 0.29) is 11.1 Å². The topological polar surface area (TPSA) is 24.1 Å². The lowest BCUT2D eigenvalue weighted by atomic mass is 9.79. The number of hydrogen-bond acceptors (Lipinski definition) is 2. The van der Waals surface area contributed by atoms with Crippen LogP contribution in [-0.4, -0.2) is 17.1 Å². The molecule has 0 radical (unpaired) electrons. The van der Waals surface area contributed by atoms with E-state index in [0.29, 0.717) is 12.1 Å². The third-order valence-electron chi connectivity index (χ3n) is 4.31. The lowest BCUT2D eigenvalue weighted by Gasteiger charge is -2.47. The molecule has 2 N–H and O–H groups in total. The van der Waals surface area contributed by atoms with Crippen molar-refractivity contribution in [3.63, 3.8) is 0 Å². The van der Waals surface area contributed by atoms with Gasteiger partial charge in [-0.3, -0.25) is 0 Å². The molecule has 118 valence electrons. The van der Waals surface area contributed by atoms with Gasteiger partial charge in [0.25, 0.3) is 0 Å². The average molecular weight is 353 g/mol. The summed E-state index contributed by atoms with van der Waals surface area (Å²) in [6.07, 6.45) is 3.46. The minimum Gasteiger partial charge on any atom is -0.307 e. The van der Waals surface area contributed by atoms with Crippen molar-refractivity contribution in [1.29, 1.82) is 0 Å². The highest BCUT2D eigenvalue weighted by molar-refractivity contribution is 9.10. The number of nitrogens with one attached hydrogen (secondary N) is 2. The smallest absolute Gasteiger partial charge is 0.0320 e. The highest BCUT2D eigenvalue weighted by Gasteiger charge is 2.38. The predicted molar refractivity (Wildman–Crippen MR) is 94.6 cm³/mol. The Bertz CT molecular complexity index is 449.